The molecule has 3 heterocycles. The topological polar surface area (TPSA) is 38.7 Å². The summed E-state index contributed by atoms with van der Waals surface area (Å²) < 4.78 is 0. The van der Waals surface area contributed by atoms with Crippen LogP contribution in [0.2, 0.25) is 0 Å². The van der Waals surface area contributed by atoms with Crippen molar-refractivity contribution < 1.29 is 0 Å². The summed E-state index contributed by atoms with van der Waals surface area (Å²) in [5, 5.41) is 5.98. The summed E-state index contributed by atoms with van der Waals surface area (Å²) in [6.07, 6.45) is 6.32. The van der Waals surface area contributed by atoms with Crippen molar-refractivity contribution >= 4 is 34.0 Å². The van der Waals surface area contributed by atoms with Gasteiger partial charge in [-0.15, -0.1) is 34.0 Å². The highest BCUT2D eigenvalue weighted by Crippen LogP contribution is 2.42. The van der Waals surface area contributed by atoms with Crippen molar-refractivity contribution in [3.8, 4) is 0 Å². The number of nitrogens with zero attached hydrogens (tertiary/aromatic N) is 3. The van der Waals surface area contributed by atoms with Crippen molar-refractivity contribution in [2.24, 2.45) is 0 Å². The molecule has 0 aliphatic heterocycles. The average molecular weight is 504 g/mol. The Morgan fingerprint density at radius 1 is 0.727 bits per heavy atom. The highest BCUT2D eigenvalue weighted by Gasteiger charge is 2.31. The van der Waals surface area contributed by atoms with Crippen LogP contribution in [0, 0.1) is 0 Å². The van der Waals surface area contributed by atoms with Crippen molar-refractivity contribution in [3.63, 3.8) is 0 Å². The van der Waals surface area contributed by atoms with E-state index in [4.69, 9.17) is 15.0 Å². The number of hydrogen-bond donors (Lipinski definition) is 0. The van der Waals surface area contributed by atoms with Gasteiger partial charge in [0, 0.05) is 44.3 Å². The van der Waals surface area contributed by atoms with Gasteiger partial charge in [0.05, 0.1) is 20.7 Å². The minimum atomic E-state index is 0.0305. The van der Waals surface area contributed by atoms with Gasteiger partial charge in [0.15, 0.2) is 0 Å². The maximum Gasteiger partial charge on any atom is 0.0984 e. The van der Waals surface area contributed by atoms with E-state index in [1.54, 1.807) is 0 Å². The Balaban J connectivity index is 1.68. The molecule has 0 saturated carbocycles. The van der Waals surface area contributed by atoms with Crippen molar-refractivity contribution in [2.45, 2.75) is 117 Å². The van der Waals surface area contributed by atoms with Gasteiger partial charge in [0.2, 0.25) is 0 Å². The van der Waals surface area contributed by atoms with Gasteiger partial charge in [-0.2, -0.15) is 0 Å². The molecule has 0 radical (unpaired) electrons. The Morgan fingerprint density at radius 2 is 1.33 bits per heavy atom. The van der Waals surface area contributed by atoms with Gasteiger partial charge in [-0.05, 0) is 30.6 Å². The van der Waals surface area contributed by atoms with E-state index in [0.717, 1.165) is 12.8 Å². The van der Waals surface area contributed by atoms with Crippen LogP contribution in [-0.2, 0) is 10.8 Å². The fourth-order valence-electron chi connectivity index (χ4n) is 4.38. The summed E-state index contributed by atoms with van der Waals surface area (Å²) in [5.74, 6) is 1.92. The lowest BCUT2D eigenvalue weighted by molar-refractivity contribution is 0.435. The highest BCUT2D eigenvalue weighted by molar-refractivity contribution is 7.12. The first-order valence-corrected chi connectivity index (χ1v) is 14.7. The van der Waals surface area contributed by atoms with E-state index in [9.17, 15) is 0 Å². The number of hydrogen-bond acceptors (Lipinski definition) is 6. The molecule has 0 amide bonds. The Morgan fingerprint density at radius 3 is 1.91 bits per heavy atom. The molecule has 0 saturated heterocycles. The molecule has 0 aromatic carbocycles. The number of thiazole rings is 3. The van der Waals surface area contributed by atoms with Crippen LogP contribution in [0.1, 0.15) is 136 Å². The van der Waals surface area contributed by atoms with E-state index in [0.29, 0.717) is 23.7 Å². The normalized spacial score (nSPS) is 14.9. The van der Waals surface area contributed by atoms with Gasteiger partial charge in [0.25, 0.3) is 0 Å². The van der Waals surface area contributed by atoms with Crippen molar-refractivity contribution in [2.75, 3.05) is 0 Å². The van der Waals surface area contributed by atoms with Gasteiger partial charge in [-0.3, -0.25) is 0 Å². The molecule has 3 rings (SSSR count). The van der Waals surface area contributed by atoms with Gasteiger partial charge >= 0.3 is 0 Å². The zero-order valence-electron chi connectivity index (χ0n) is 22.0. The first-order chi connectivity index (χ1) is 15.3. The first kappa shape index (κ1) is 26.5. The van der Waals surface area contributed by atoms with Crippen LogP contribution < -0.4 is 0 Å². The average Bonchev–Trinajstić information content (AvgIpc) is 3.47. The van der Waals surface area contributed by atoms with Crippen molar-refractivity contribution in [1.82, 2.24) is 15.0 Å². The zero-order valence-corrected chi connectivity index (χ0v) is 24.5. The predicted octanol–water partition coefficient (Wildman–Crippen LogP) is 9.25. The molecule has 3 nitrogen and oxygen atoms in total. The lowest BCUT2D eigenvalue weighted by atomic mass is 9.83. The zero-order chi connectivity index (χ0) is 24.6. The SMILES string of the molecule is CC(C)c1csc(C(C)(C)CC(C)c2cnc(C(C)(C)CC(C)c3ncc(C(C)C)s3)s2)n1. The van der Waals surface area contributed by atoms with Crippen molar-refractivity contribution in [1.29, 1.82) is 0 Å². The summed E-state index contributed by atoms with van der Waals surface area (Å²) in [4.78, 5) is 17.3. The second-order valence-corrected chi connectivity index (χ2v) is 14.5. The standard InChI is InChI=1S/C27H41N3S3/c1-16(2)20-15-31-25(30-20)27(9,10)11-18(5)22-14-29-24(33-22)26(7,8)12-19(6)23-28-13-21(32-23)17(3)4/h13-19H,11-12H2,1-10H3. The van der Waals surface area contributed by atoms with Gasteiger partial charge < -0.3 is 0 Å². The van der Waals surface area contributed by atoms with Crippen LogP contribution >= 0.6 is 34.0 Å². The van der Waals surface area contributed by atoms with E-state index < -0.39 is 0 Å². The lowest BCUT2D eigenvalue weighted by Gasteiger charge is -2.26. The maximum absolute atomic E-state index is 4.95. The molecule has 0 aliphatic rings. The quantitative estimate of drug-likeness (QED) is 0.277. The summed E-state index contributed by atoms with van der Waals surface area (Å²) in [7, 11) is 0. The van der Waals surface area contributed by atoms with E-state index in [1.807, 2.05) is 34.0 Å². The molecule has 0 aliphatic carbocycles. The van der Waals surface area contributed by atoms with Crippen LogP contribution in [0.25, 0.3) is 0 Å². The molecular formula is C27H41N3S3. The minimum absolute atomic E-state index is 0.0305. The second kappa shape index (κ2) is 10.2. The summed E-state index contributed by atoms with van der Waals surface area (Å²) >= 11 is 5.58. The van der Waals surface area contributed by atoms with E-state index in [2.05, 4.69) is 87.0 Å². The Hall–Kier alpha value is -1.11. The van der Waals surface area contributed by atoms with Crippen LogP contribution in [0.5, 0.6) is 0 Å². The van der Waals surface area contributed by atoms with Crippen LogP contribution in [0.3, 0.4) is 0 Å². The Bertz CT molecular complexity index is 1040. The third-order valence-corrected chi connectivity index (χ3v) is 10.8. The molecule has 3 aromatic heterocycles. The number of rotatable bonds is 10. The summed E-state index contributed by atoms with van der Waals surface area (Å²) in [6, 6.07) is 0. The fourth-order valence-corrected chi connectivity index (χ4v) is 7.55. The smallest absolute Gasteiger partial charge is 0.0984 e. The largest absolute Gasteiger partial charge is 0.249 e. The third kappa shape index (κ3) is 6.32. The Labute approximate surface area is 213 Å². The lowest BCUT2D eigenvalue weighted by Crippen LogP contribution is -2.20. The summed E-state index contributed by atoms with van der Waals surface area (Å²) in [5.41, 5.74) is 1.31. The van der Waals surface area contributed by atoms with Crippen molar-refractivity contribution in [3.05, 3.63) is 48.2 Å². The molecule has 0 bridgehead atoms. The molecule has 2 atom stereocenters. The Kier molecular flexibility index (Phi) is 8.23. The van der Waals surface area contributed by atoms with E-state index in [-0.39, 0.29) is 10.8 Å². The molecule has 0 spiro atoms. The summed E-state index contributed by atoms with van der Waals surface area (Å²) in [6.45, 7) is 22.9. The van der Waals surface area contributed by atoms with Crippen LogP contribution in [0.15, 0.2) is 17.8 Å². The van der Waals surface area contributed by atoms with Gasteiger partial charge in [-0.1, -0.05) is 69.2 Å². The van der Waals surface area contributed by atoms with E-state index in [1.165, 1.54) is 30.5 Å². The van der Waals surface area contributed by atoms with Gasteiger partial charge in [0.1, 0.15) is 0 Å². The molecular weight excluding hydrogens is 463 g/mol. The molecule has 2 unspecified atom stereocenters. The van der Waals surface area contributed by atoms with Gasteiger partial charge in [-0.25, -0.2) is 15.0 Å². The molecule has 0 fully saturated rings. The molecule has 0 N–H and O–H groups in total. The number of aromatic nitrogens is 3. The first-order valence-electron chi connectivity index (χ1n) is 12.2. The van der Waals surface area contributed by atoms with E-state index >= 15 is 0 Å². The molecule has 33 heavy (non-hydrogen) atoms. The van der Waals surface area contributed by atoms with Crippen LogP contribution in [-0.4, -0.2) is 15.0 Å². The molecule has 6 heteroatoms. The van der Waals surface area contributed by atoms with Crippen LogP contribution in [0.4, 0.5) is 0 Å². The predicted molar refractivity (Wildman–Crippen MR) is 147 cm³/mol. The molecule has 3 aromatic rings. The molecule has 182 valence electrons. The third-order valence-electron chi connectivity index (χ3n) is 6.45. The monoisotopic (exact) mass is 503 g/mol. The maximum atomic E-state index is 4.95. The highest BCUT2D eigenvalue weighted by atomic mass is 32.1. The minimum Gasteiger partial charge on any atom is -0.249 e. The fraction of sp³-hybridized carbons (Fsp3) is 0.667. The second-order valence-electron chi connectivity index (χ2n) is 11.5.